The molecular formula is C16H24N2O3. The zero-order chi connectivity index (χ0) is 15.1. The molecule has 1 amide bonds. The molecule has 1 aromatic carbocycles. The van der Waals surface area contributed by atoms with Crippen LogP contribution >= 0.6 is 0 Å². The molecule has 0 saturated carbocycles. The van der Waals surface area contributed by atoms with Gasteiger partial charge in [0.15, 0.2) is 0 Å². The number of benzene rings is 1. The van der Waals surface area contributed by atoms with Crippen molar-refractivity contribution in [3.05, 3.63) is 29.8 Å². The smallest absolute Gasteiger partial charge is 0.250 e. The minimum atomic E-state index is -0.400. The van der Waals surface area contributed by atoms with Crippen molar-refractivity contribution in [3.8, 4) is 5.75 Å². The fourth-order valence-corrected chi connectivity index (χ4v) is 2.08. The third-order valence-electron chi connectivity index (χ3n) is 3.22. The number of hydrogen-bond acceptors (Lipinski definition) is 4. The molecule has 2 rings (SSSR count). The van der Waals surface area contributed by atoms with Crippen LogP contribution in [0.1, 0.15) is 19.4 Å². The first kappa shape index (κ1) is 15.8. The van der Waals surface area contributed by atoms with Gasteiger partial charge in [-0.2, -0.15) is 0 Å². The summed E-state index contributed by atoms with van der Waals surface area (Å²) in [6.07, 6.45) is -0.400. The summed E-state index contributed by atoms with van der Waals surface area (Å²) < 4.78 is 11.2. The molecule has 1 fully saturated rings. The SMILES string of the molecule is CC(C)COc1ccccc1CNC(=O)C1CNCCO1. The van der Waals surface area contributed by atoms with Crippen LogP contribution in [0.2, 0.25) is 0 Å². The van der Waals surface area contributed by atoms with E-state index < -0.39 is 6.10 Å². The number of nitrogens with one attached hydrogen (secondary N) is 2. The molecule has 5 nitrogen and oxygen atoms in total. The summed E-state index contributed by atoms with van der Waals surface area (Å²) in [7, 11) is 0. The van der Waals surface area contributed by atoms with Crippen molar-refractivity contribution in [1.82, 2.24) is 10.6 Å². The van der Waals surface area contributed by atoms with E-state index in [0.29, 0.717) is 32.2 Å². The molecule has 0 spiro atoms. The van der Waals surface area contributed by atoms with Crippen LogP contribution in [0, 0.1) is 5.92 Å². The second kappa shape index (κ2) is 8.00. The Morgan fingerprint density at radius 1 is 1.48 bits per heavy atom. The highest BCUT2D eigenvalue weighted by Gasteiger charge is 2.21. The summed E-state index contributed by atoms with van der Waals surface area (Å²) in [6.45, 7) is 7.28. The van der Waals surface area contributed by atoms with E-state index >= 15 is 0 Å². The molecule has 1 unspecified atom stereocenters. The van der Waals surface area contributed by atoms with Crippen LogP contribution in [0.4, 0.5) is 0 Å². The minimum Gasteiger partial charge on any atom is -0.493 e. The second-order valence-electron chi connectivity index (χ2n) is 5.59. The maximum atomic E-state index is 12.0. The first-order valence-corrected chi connectivity index (χ1v) is 7.47. The van der Waals surface area contributed by atoms with Gasteiger partial charge in [0.1, 0.15) is 11.9 Å². The number of ether oxygens (including phenoxy) is 2. The molecule has 1 saturated heterocycles. The van der Waals surface area contributed by atoms with Crippen molar-refractivity contribution in [3.63, 3.8) is 0 Å². The van der Waals surface area contributed by atoms with Gasteiger partial charge in [0, 0.05) is 25.2 Å². The van der Waals surface area contributed by atoms with Crippen LogP contribution in [0.3, 0.4) is 0 Å². The zero-order valence-electron chi connectivity index (χ0n) is 12.7. The topological polar surface area (TPSA) is 59.6 Å². The average molecular weight is 292 g/mol. The summed E-state index contributed by atoms with van der Waals surface area (Å²) in [6, 6.07) is 7.79. The van der Waals surface area contributed by atoms with Crippen molar-refractivity contribution in [2.24, 2.45) is 5.92 Å². The highest BCUT2D eigenvalue weighted by Crippen LogP contribution is 2.18. The number of hydrogen-bond donors (Lipinski definition) is 2. The molecule has 0 radical (unpaired) electrons. The fraction of sp³-hybridized carbons (Fsp3) is 0.562. The summed E-state index contributed by atoms with van der Waals surface area (Å²) in [5, 5.41) is 6.06. The largest absolute Gasteiger partial charge is 0.493 e. The molecule has 1 atom stereocenters. The van der Waals surface area contributed by atoms with Crippen molar-refractivity contribution >= 4 is 5.91 Å². The predicted octanol–water partition coefficient (Wildman–Crippen LogP) is 1.33. The van der Waals surface area contributed by atoms with E-state index in [1.54, 1.807) is 0 Å². The van der Waals surface area contributed by atoms with Crippen LogP contribution in [-0.2, 0) is 16.1 Å². The lowest BCUT2D eigenvalue weighted by Crippen LogP contribution is -2.47. The quantitative estimate of drug-likeness (QED) is 0.830. The van der Waals surface area contributed by atoms with Gasteiger partial charge >= 0.3 is 0 Å². The molecule has 1 aliphatic heterocycles. The predicted molar refractivity (Wildman–Crippen MR) is 81.2 cm³/mol. The highest BCUT2D eigenvalue weighted by atomic mass is 16.5. The molecule has 5 heteroatoms. The number of carbonyl (C=O) groups excluding carboxylic acids is 1. The average Bonchev–Trinajstić information content (AvgIpc) is 2.52. The Hall–Kier alpha value is -1.59. The summed E-state index contributed by atoms with van der Waals surface area (Å²) in [5.74, 6) is 1.21. The lowest BCUT2D eigenvalue weighted by molar-refractivity contribution is -0.134. The summed E-state index contributed by atoms with van der Waals surface area (Å²) >= 11 is 0. The van der Waals surface area contributed by atoms with Crippen LogP contribution in [0.5, 0.6) is 5.75 Å². The Bertz CT molecular complexity index is 457. The highest BCUT2D eigenvalue weighted by molar-refractivity contribution is 5.81. The standard InChI is InChI=1S/C16H24N2O3/c1-12(2)11-21-14-6-4-3-5-13(14)9-18-16(19)15-10-17-7-8-20-15/h3-6,12,15,17H,7-11H2,1-2H3,(H,18,19). The van der Waals surface area contributed by atoms with Gasteiger partial charge in [-0.3, -0.25) is 4.79 Å². The van der Waals surface area contributed by atoms with E-state index in [0.717, 1.165) is 17.9 Å². The third-order valence-corrected chi connectivity index (χ3v) is 3.22. The van der Waals surface area contributed by atoms with Gasteiger partial charge in [0.05, 0.1) is 13.2 Å². The van der Waals surface area contributed by atoms with Crippen LogP contribution in [-0.4, -0.2) is 38.3 Å². The maximum Gasteiger partial charge on any atom is 0.250 e. The van der Waals surface area contributed by atoms with Gasteiger partial charge in [0.2, 0.25) is 0 Å². The Balaban J connectivity index is 1.88. The third kappa shape index (κ3) is 5.02. The van der Waals surface area contributed by atoms with Gasteiger partial charge in [-0.1, -0.05) is 32.0 Å². The molecule has 1 heterocycles. The van der Waals surface area contributed by atoms with E-state index in [1.807, 2.05) is 24.3 Å². The van der Waals surface area contributed by atoms with E-state index in [1.165, 1.54) is 0 Å². The molecule has 0 aliphatic carbocycles. The molecule has 21 heavy (non-hydrogen) atoms. The first-order chi connectivity index (χ1) is 10.2. The fourth-order valence-electron chi connectivity index (χ4n) is 2.08. The number of morpholine rings is 1. The van der Waals surface area contributed by atoms with Crippen LogP contribution < -0.4 is 15.4 Å². The molecular weight excluding hydrogens is 268 g/mol. The normalized spacial score (nSPS) is 18.5. The van der Waals surface area contributed by atoms with Crippen molar-refractivity contribution in [2.45, 2.75) is 26.5 Å². The van der Waals surface area contributed by atoms with Crippen LogP contribution in [0.25, 0.3) is 0 Å². The van der Waals surface area contributed by atoms with Gasteiger partial charge in [-0.25, -0.2) is 0 Å². The van der Waals surface area contributed by atoms with Crippen molar-refractivity contribution in [2.75, 3.05) is 26.3 Å². The van der Waals surface area contributed by atoms with E-state index in [9.17, 15) is 4.79 Å². The van der Waals surface area contributed by atoms with Crippen molar-refractivity contribution < 1.29 is 14.3 Å². The van der Waals surface area contributed by atoms with Crippen molar-refractivity contribution in [1.29, 1.82) is 0 Å². The Kier molecular flexibility index (Phi) is 6.02. The summed E-state index contributed by atoms with van der Waals surface area (Å²) in [5.41, 5.74) is 0.982. The van der Waals surface area contributed by atoms with Gasteiger partial charge in [-0.05, 0) is 12.0 Å². The molecule has 0 bridgehead atoms. The van der Waals surface area contributed by atoms with E-state index in [2.05, 4.69) is 24.5 Å². The van der Waals surface area contributed by atoms with E-state index in [4.69, 9.17) is 9.47 Å². The molecule has 1 aromatic rings. The molecule has 2 N–H and O–H groups in total. The Morgan fingerprint density at radius 2 is 2.29 bits per heavy atom. The Morgan fingerprint density at radius 3 is 3.00 bits per heavy atom. The lowest BCUT2D eigenvalue weighted by atomic mass is 10.2. The molecule has 0 aromatic heterocycles. The van der Waals surface area contributed by atoms with E-state index in [-0.39, 0.29) is 5.91 Å². The van der Waals surface area contributed by atoms with Gasteiger partial charge < -0.3 is 20.1 Å². The molecule has 1 aliphatic rings. The monoisotopic (exact) mass is 292 g/mol. The maximum absolute atomic E-state index is 12.0. The van der Waals surface area contributed by atoms with Gasteiger partial charge in [0.25, 0.3) is 5.91 Å². The number of rotatable bonds is 6. The van der Waals surface area contributed by atoms with Crippen LogP contribution in [0.15, 0.2) is 24.3 Å². The van der Waals surface area contributed by atoms with Gasteiger partial charge in [-0.15, -0.1) is 0 Å². The number of amides is 1. The molecule has 116 valence electrons. The zero-order valence-corrected chi connectivity index (χ0v) is 12.7. The minimum absolute atomic E-state index is 0.0825. The first-order valence-electron chi connectivity index (χ1n) is 7.47. The lowest BCUT2D eigenvalue weighted by Gasteiger charge is -2.23. The second-order valence-corrected chi connectivity index (χ2v) is 5.59. The number of carbonyl (C=O) groups is 1. The number of para-hydroxylation sites is 1. The Labute approximate surface area is 126 Å². The summed E-state index contributed by atoms with van der Waals surface area (Å²) in [4.78, 5) is 12.0.